The van der Waals surface area contributed by atoms with Crippen LogP contribution in [-0.2, 0) is 0 Å². The average molecular weight is 460 g/mol. The lowest BCUT2D eigenvalue weighted by Crippen LogP contribution is -2.46. The fraction of sp³-hybridized carbons (Fsp3) is 0.100. The number of ketones is 1. The summed E-state index contributed by atoms with van der Waals surface area (Å²) in [5.41, 5.74) is 2.31. The van der Waals surface area contributed by atoms with Crippen LogP contribution in [-0.4, -0.2) is 17.9 Å². The summed E-state index contributed by atoms with van der Waals surface area (Å²) in [5, 5.41) is 5.80. The van der Waals surface area contributed by atoms with Crippen LogP contribution >= 0.6 is 22.6 Å². The number of carbonyl (C=O) groups excluding carboxylic acids is 2. The summed E-state index contributed by atoms with van der Waals surface area (Å²) in [6.07, 6.45) is 0.493. The van der Waals surface area contributed by atoms with E-state index in [4.69, 9.17) is 4.42 Å². The Kier molecular flexibility index (Phi) is 5.72. The molecule has 0 fully saturated rings. The van der Waals surface area contributed by atoms with Crippen LogP contribution in [0, 0.1) is 10.5 Å². The predicted molar refractivity (Wildman–Crippen MR) is 108 cm³/mol. The minimum atomic E-state index is -0.923. The van der Waals surface area contributed by atoms with Crippen molar-refractivity contribution in [3.8, 4) is 0 Å². The maximum atomic E-state index is 12.9. The maximum absolute atomic E-state index is 12.9. The van der Waals surface area contributed by atoms with Crippen molar-refractivity contribution in [2.45, 2.75) is 13.1 Å². The second kappa shape index (κ2) is 8.18. The van der Waals surface area contributed by atoms with Gasteiger partial charge in [0.25, 0.3) is 5.91 Å². The molecule has 0 bridgehead atoms. The van der Waals surface area contributed by atoms with Crippen LogP contribution < -0.4 is 10.6 Å². The van der Waals surface area contributed by atoms with Crippen LogP contribution in [0.1, 0.15) is 26.5 Å². The number of carbonyl (C=O) groups is 2. The van der Waals surface area contributed by atoms with Gasteiger partial charge in [0, 0.05) is 14.8 Å². The highest BCUT2D eigenvalue weighted by atomic mass is 127. The summed E-state index contributed by atoms with van der Waals surface area (Å²) in [7, 11) is 0. The molecule has 26 heavy (non-hydrogen) atoms. The van der Waals surface area contributed by atoms with Gasteiger partial charge in [-0.2, -0.15) is 0 Å². The molecule has 3 rings (SSSR count). The maximum Gasteiger partial charge on any atom is 0.288 e. The van der Waals surface area contributed by atoms with Gasteiger partial charge in [-0.1, -0.05) is 35.9 Å². The molecule has 1 atom stereocenters. The molecule has 0 saturated heterocycles. The number of amides is 1. The molecule has 0 spiro atoms. The standard InChI is InChI=1S/C20H17IN2O3/c1-13-7-9-14(10-8-13)18(24)19(22-16-5-2-4-15(21)12-16)23-20(25)17-6-3-11-26-17/h2-12,19,22H,1H3,(H,23,25)/t19-/m0/s1. The van der Waals surface area contributed by atoms with Gasteiger partial charge in [-0.05, 0) is 59.8 Å². The van der Waals surface area contributed by atoms with Gasteiger partial charge in [0.2, 0.25) is 5.78 Å². The van der Waals surface area contributed by atoms with Crippen molar-refractivity contribution in [3.05, 3.63) is 87.4 Å². The number of nitrogens with one attached hydrogen (secondary N) is 2. The number of aryl methyl sites for hydroxylation is 1. The summed E-state index contributed by atoms with van der Waals surface area (Å²) in [5.74, 6) is -0.543. The third kappa shape index (κ3) is 4.51. The van der Waals surface area contributed by atoms with E-state index in [2.05, 4.69) is 33.2 Å². The van der Waals surface area contributed by atoms with E-state index in [1.165, 1.54) is 6.26 Å². The zero-order chi connectivity index (χ0) is 18.5. The number of benzene rings is 2. The molecule has 0 aliphatic carbocycles. The molecule has 1 aromatic heterocycles. The monoisotopic (exact) mass is 460 g/mol. The van der Waals surface area contributed by atoms with Crippen LogP contribution in [0.4, 0.5) is 5.69 Å². The summed E-state index contributed by atoms with van der Waals surface area (Å²) < 4.78 is 6.13. The highest BCUT2D eigenvalue weighted by molar-refractivity contribution is 14.1. The van der Waals surface area contributed by atoms with E-state index in [1.54, 1.807) is 24.3 Å². The molecule has 2 aromatic carbocycles. The zero-order valence-electron chi connectivity index (χ0n) is 14.0. The van der Waals surface area contributed by atoms with Crippen LogP contribution in [0.25, 0.3) is 0 Å². The quantitative estimate of drug-likeness (QED) is 0.328. The number of hydrogen-bond acceptors (Lipinski definition) is 4. The Morgan fingerprint density at radius 1 is 1.04 bits per heavy atom. The fourth-order valence-electron chi connectivity index (χ4n) is 2.41. The van der Waals surface area contributed by atoms with Crippen molar-refractivity contribution in [2.24, 2.45) is 0 Å². The summed E-state index contributed by atoms with van der Waals surface area (Å²) in [4.78, 5) is 25.3. The number of furan rings is 1. The van der Waals surface area contributed by atoms with E-state index >= 15 is 0 Å². The third-order valence-corrected chi connectivity index (χ3v) is 4.43. The Morgan fingerprint density at radius 2 is 1.81 bits per heavy atom. The largest absolute Gasteiger partial charge is 0.459 e. The molecule has 0 unspecified atom stereocenters. The lowest BCUT2D eigenvalue weighted by molar-refractivity contribution is 0.0853. The molecule has 132 valence electrons. The predicted octanol–water partition coefficient (Wildman–Crippen LogP) is 4.24. The first kappa shape index (κ1) is 18.2. The minimum Gasteiger partial charge on any atom is -0.459 e. The molecule has 0 radical (unpaired) electrons. The smallest absolute Gasteiger partial charge is 0.288 e. The van der Waals surface area contributed by atoms with Gasteiger partial charge in [-0.25, -0.2) is 0 Å². The molecule has 3 aromatic rings. The van der Waals surface area contributed by atoms with Crippen molar-refractivity contribution < 1.29 is 14.0 Å². The summed E-state index contributed by atoms with van der Waals surface area (Å²) in [6.45, 7) is 1.95. The Labute approximate surface area is 164 Å². The van der Waals surface area contributed by atoms with Gasteiger partial charge in [0.1, 0.15) is 0 Å². The van der Waals surface area contributed by atoms with E-state index in [0.717, 1.165) is 14.8 Å². The Balaban J connectivity index is 1.86. The molecular weight excluding hydrogens is 443 g/mol. The van der Waals surface area contributed by atoms with Crippen molar-refractivity contribution in [2.75, 3.05) is 5.32 Å². The zero-order valence-corrected chi connectivity index (χ0v) is 16.2. The van der Waals surface area contributed by atoms with Crippen molar-refractivity contribution in [3.63, 3.8) is 0 Å². The first-order chi connectivity index (χ1) is 12.5. The topological polar surface area (TPSA) is 71.3 Å². The Morgan fingerprint density at radius 3 is 2.46 bits per heavy atom. The molecule has 0 aliphatic heterocycles. The first-order valence-corrected chi connectivity index (χ1v) is 9.08. The molecule has 5 nitrogen and oxygen atoms in total. The van der Waals surface area contributed by atoms with Gasteiger partial charge in [-0.3, -0.25) is 9.59 Å². The lowest BCUT2D eigenvalue weighted by Gasteiger charge is -2.20. The van der Waals surface area contributed by atoms with Gasteiger partial charge in [0.05, 0.1) is 6.26 Å². The van der Waals surface area contributed by atoms with Gasteiger partial charge < -0.3 is 15.1 Å². The van der Waals surface area contributed by atoms with E-state index in [1.807, 2.05) is 43.3 Å². The van der Waals surface area contributed by atoms with Crippen molar-refractivity contribution in [1.82, 2.24) is 5.32 Å². The Bertz CT molecular complexity index is 905. The highest BCUT2D eigenvalue weighted by Gasteiger charge is 2.23. The first-order valence-electron chi connectivity index (χ1n) is 8.00. The molecule has 1 heterocycles. The van der Waals surface area contributed by atoms with E-state index in [-0.39, 0.29) is 11.5 Å². The SMILES string of the molecule is Cc1ccc(C(=O)[C@H](NC(=O)c2ccco2)Nc2cccc(I)c2)cc1. The summed E-state index contributed by atoms with van der Waals surface area (Å²) >= 11 is 2.19. The third-order valence-electron chi connectivity index (χ3n) is 3.75. The van der Waals surface area contributed by atoms with E-state index in [0.29, 0.717) is 5.56 Å². The van der Waals surface area contributed by atoms with Crippen molar-refractivity contribution >= 4 is 40.0 Å². The molecule has 6 heteroatoms. The Hall–Kier alpha value is -2.61. The number of Topliss-reactive ketones (excluding diaryl/α,β-unsaturated/α-hetero) is 1. The minimum absolute atomic E-state index is 0.149. The second-order valence-corrected chi connectivity index (χ2v) is 7.01. The summed E-state index contributed by atoms with van der Waals surface area (Å²) in [6, 6.07) is 18.0. The average Bonchev–Trinajstić information content (AvgIpc) is 3.16. The fourth-order valence-corrected chi connectivity index (χ4v) is 2.95. The number of halogens is 1. The van der Waals surface area contributed by atoms with Crippen LogP contribution in [0.3, 0.4) is 0 Å². The van der Waals surface area contributed by atoms with E-state index in [9.17, 15) is 9.59 Å². The number of anilines is 1. The van der Waals surface area contributed by atoms with Crippen LogP contribution in [0.15, 0.2) is 71.3 Å². The van der Waals surface area contributed by atoms with Crippen LogP contribution in [0.5, 0.6) is 0 Å². The van der Waals surface area contributed by atoms with Gasteiger partial charge in [-0.15, -0.1) is 0 Å². The normalized spacial score (nSPS) is 11.6. The molecule has 1 amide bonds. The molecule has 0 saturated carbocycles. The van der Waals surface area contributed by atoms with Crippen molar-refractivity contribution in [1.29, 1.82) is 0 Å². The lowest BCUT2D eigenvalue weighted by atomic mass is 10.1. The van der Waals surface area contributed by atoms with Gasteiger partial charge in [0.15, 0.2) is 11.9 Å². The number of hydrogen-bond donors (Lipinski definition) is 2. The highest BCUT2D eigenvalue weighted by Crippen LogP contribution is 2.15. The molecule has 2 N–H and O–H groups in total. The molecule has 0 aliphatic rings. The van der Waals surface area contributed by atoms with E-state index < -0.39 is 12.1 Å². The van der Waals surface area contributed by atoms with Crippen LogP contribution in [0.2, 0.25) is 0 Å². The second-order valence-electron chi connectivity index (χ2n) is 5.77. The molecular formula is C20H17IN2O3. The van der Waals surface area contributed by atoms with Gasteiger partial charge >= 0.3 is 0 Å². The number of rotatable bonds is 6.